The highest BCUT2D eigenvalue weighted by atomic mass is 35.5. The zero-order chi connectivity index (χ0) is 17.1. The second-order valence-electron chi connectivity index (χ2n) is 6.34. The number of hydrogen-bond acceptors (Lipinski definition) is 3. The number of carbonyl (C=O) groups excluding carboxylic acids is 1. The first kappa shape index (κ1) is 17.0. The van der Waals surface area contributed by atoms with Crippen LogP contribution in [-0.4, -0.2) is 36.5 Å². The van der Waals surface area contributed by atoms with E-state index in [1.165, 1.54) is 5.56 Å². The number of hydrogen-bond donors (Lipinski definition) is 2. The van der Waals surface area contributed by atoms with Gasteiger partial charge < -0.3 is 11.1 Å². The Bertz CT molecular complexity index is 720. The molecule has 1 aliphatic rings. The first-order valence-electron chi connectivity index (χ1n) is 8.12. The Labute approximate surface area is 147 Å². The van der Waals surface area contributed by atoms with Crippen LogP contribution in [0.4, 0.5) is 5.69 Å². The Morgan fingerprint density at radius 1 is 1.21 bits per heavy atom. The standard InChI is InChI=1S/C19H22ClN3O/c1-13-16(20)8-5-9-18(13)22-19(24)12-23-10-15(17(21)11-23)14-6-3-2-4-7-14/h2-9,15,17H,10-12,21H2,1H3,(H,22,24)/t15-,17+/m0/s1. The van der Waals surface area contributed by atoms with Gasteiger partial charge in [0.15, 0.2) is 0 Å². The van der Waals surface area contributed by atoms with Gasteiger partial charge in [-0.05, 0) is 30.2 Å². The number of likely N-dealkylation sites (tertiary alicyclic amines) is 1. The average molecular weight is 344 g/mol. The van der Waals surface area contributed by atoms with Crippen molar-refractivity contribution in [3.8, 4) is 0 Å². The van der Waals surface area contributed by atoms with Gasteiger partial charge in [0, 0.05) is 35.8 Å². The predicted molar refractivity (Wildman–Crippen MR) is 98.4 cm³/mol. The number of halogens is 1. The van der Waals surface area contributed by atoms with E-state index in [4.69, 9.17) is 17.3 Å². The molecule has 3 rings (SSSR count). The summed E-state index contributed by atoms with van der Waals surface area (Å²) in [4.78, 5) is 14.5. The summed E-state index contributed by atoms with van der Waals surface area (Å²) in [6, 6.07) is 15.8. The van der Waals surface area contributed by atoms with Gasteiger partial charge in [0.05, 0.1) is 6.54 Å². The van der Waals surface area contributed by atoms with Crippen LogP contribution in [0.15, 0.2) is 48.5 Å². The monoisotopic (exact) mass is 343 g/mol. The SMILES string of the molecule is Cc1c(Cl)cccc1NC(=O)CN1C[C@@H](N)[C@H](c2ccccc2)C1. The highest BCUT2D eigenvalue weighted by Crippen LogP contribution is 2.26. The first-order chi connectivity index (χ1) is 11.5. The van der Waals surface area contributed by atoms with Crippen LogP contribution in [0.3, 0.4) is 0 Å². The lowest BCUT2D eigenvalue weighted by atomic mass is 9.95. The molecule has 1 aliphatic heterocycles. The topological polar surface area (TPSA) is 58.4 Å². The van der Waals surface area contributed by atoms with Crippen LogP contribution < -0.4 is 11.1 Å². The molecule has 3 N–H and O–H groups in total. The third-order valence-corrected chi connectivity index (χ3v) is 4.99. The third kappa shape index (κ3) is 3.78. The van der Waals surface area contributed by atoms with Crippen LogP contribution in [0.1, 0.15) is 17.0 Å². The summed E-state index contributed by atoms with van der Waals surface area (Å²) in [6.07, 6.45) is 0. The number of benzene rings is 2. The molecule has 0 bridgehead atoms. The quantitative estimate of drug-likeness (QED) is 0.897. The molecular formula is C19H22ClN3O. The Kier molecular flexibility index (Phi) is 5.19. The maximum Gasteiger partial charge on any atom is 0.238 e. The van der Waals surface area contributed by atoms with Crippen LogP contribution >= 0.6 is 11.6 Å². The maximum absolute atomic E-state index is 12.3. The highest BCUT2D eigenvalue weighted by Gasteiger charge is 2.32. The van der Waals surface area contributed by atoms with Crippen LogP contribution in [0, 0.1) is 6.92 Å². The molecule has 0 aromatic heterocycles. The molecule has 24 heavy (non-hydrogen) atoms. The third-order valence-electron chi connectivity index (χ3n) is 4.58. The molecule has 0 radical (unpaired) electrons. The lowest BCUT2D eigenvalue weighted by Crippen LogP contribution is -2.33. The smallest absolute Gasteiger partial charge is 0.238 e. The van der Waals surface area contributed by atoms with Gasteiger partial charge in [-0.2, -0.15) is 0 Å². The van der Waals surface area contributed by atoms with E-state index in [-0.39, 0.29) is 17.9 Å². The highest BCUT2D eigenvalue weighted by molar-refractivity contribution is 6.31. The van der Waals surface area contributed by atoms with Gasteiger partial charge >= 0.3 is 0 Å². The van der Waals surface area contributed by atoms with E-state index < -0.39 is 0 Å². The molecule has 1 amide bonds. The molecule has 5 heteroatoms. The van der Waals surface area contributed by atoms with Gasteiger partial charge in [0.2, 0.25) is 5.91 Å². The fourth-order valence-electron chi connectivity index (χ4n) is 3.23. The summed E-state index contributed by atoms with van der Waals surface area (Å²) in [5.74, 6) is 0.230. The van der Waals surface area contributed by atoms with Gasteiger partial charge in [-0.1, -0.05) is 48.0 Å². The number of nitrogens with one attached hydrogen (secondary N) is 1. The summed E-state index contributed by atoms with van der Waals surface area (Å²) in [5, 5.41) is 3.59. The lowest BCUT2D eigenvalue weighted by molar-refractivity contribution is -0.117. The summed E-state index contributed by atoms with van der Waals surface area (Å²) in [6.45, 7) is 3.76. The van der Waals surface area contributed by atoms with Crippen molar-refractivity contribution in [3.63, 3.8) is 0 Å². The van der Waals surface area contributed by atoms with E-state index in [1.807, 2.05) is 43.3 Å². The van der Waals surface area contributed by atoms with Crippen molar-refractivity contribution in [1.29, 1.82) is 0 Å². The van der Waals surface area contributed by atoms with E-state index in [9.17, 15) is 4.79 Å². The Morgan fingerprint density at radius 3 is 2.71 bits per heavy atom. The summed E-state index contributed by atoms with van der Waals surface area (Å²) in [5.41, 5.74) is 9.16. The van der Waals surface area contributed by atoms with Gasteiger partial charge in [-0.25, -0.2) is 0 Å². The minimum atomic E-state index is -0.0405. The second-order valence-corrected chi connectivity index (χ2v) is 6.74. The summed E-state index contributed by atoms with van der Waals surface area (Å²) in [7, 11) is 0. The molecule has 0 spiro atoms. The zero-order valence-electron chi connectivity index (χ0n) is 13.7. The van der Waals surface area contributed by atoms with E-state index in [0.29, 0.717) is 11.6 Å². The Balaban J connectivity index is 1.61. The van der Waals surface area contributed by atoms with Gasteiger partial charge in [0.25, 0.3) is 0 Å². The first-order valence-corrected chi connectivity index (χ1v) is 8.50. The number of nitrogens with zero attached hydrogens (tertiary/aromatic N) is 1. The van der Waals surface area contributed by atoms with Crippen molar-refractivity contribution < 1.29 is 4.79 Å². The van der Waals surface area contributed by atoms with Crippen LogP contribution in [0.5, 0.6) is 0 Å². The number of carbonyl (C=O) groups is 1. The van der Waals surface area contributed by atoms with Gasteiger partial charge in [-0.3, -0.25) is 9.69 Å². The zero-order valence-corrected chi connectivity index (χ0v) is 14.5. The fraction of sp³-hybridized carbons (Fsp3) is 0.316. The molecule has 1 heterocycles. The summed E-state index contributed by atoms with van der Waals surface area (Å²) >= 11 is 6.10. The number of amides is 1. The molecule has 2 aromatic rings. The molecule has 4 nitrogen and oxygen atoms in total. The van der Waals surface area contributed by atoms with Crippen molar-refractivity contribution in [3.05, 3.63) is 64.7 Å². The molecule has 126 valence electrons. The number of anilines is 1. The van der Waals surface area contributed by atoms with E-state index >= 15 is 0 Å². The minimum absolute atomic E-state index is 0.0405. The molecule has 2 aromatic carbocycles. The Hall–Kier alpha value is -1.88. The van der Waals surface area contributed by atoms with Crippen molar-refractivity contribution in [2.24, 2.45) is 5.73 Å². The maximum atomic E-state index is 12.3. The fourth-order valence-corrected chi connectivity index (χ4v) is 3.41. The summed E-state index contributed by atoms with van der Waals surface area (Å²) < 4.78 is 0. The Morgan fingerprint density at radius 2 is 1.96 bits per heavy atom. The van der Waals surface area contributed by atoms with Crippen LogP contribution in [0.25, 0.3) is 0 Å². The van der Waals surface area contributed by atoms with Crippen molar-refractivity contribution in [2.45, 2.75) is 18.9 Å². The number of nitrogens with two attached hydrogens (primary N) is 1. The molecule has 2 atom stereocenters. The molecular weight excluding hydrogens is 322 g/mol. The average Bonchev–Trinajstić information content (AvgIpc) is 2.93. The van der Waals surface area contributed by atoms with Crippen molar-refractivity contribution >= 4 is 23.2 Å². The van der Waals surface area contributed by atoms with E-state index in [1.54, 1.807) is 0 Å². The van der Waals surface area contributed by atoms with Crippen LogP contribution in [0.2, 0.25) is 5.02 Å². The van der Waals surface area contributed by atoms with Gasteiger partial charge in [-0.15, -0.1) is 0 Å². The van der Waals surface area contributed by atoms with Gasteiger partial charge in [0.1, 0.15) is 0 Å². The molecule has 0 aliphatic carbocycles. The number of rotatable bonds is 4. The van der Waals surface area contributed by atoms with E-state index in [2.05, 4.69) is 22.3 Å². The molecule has 1 saturated heterocycles. The molecule has 0 saturated carbocycles. The minimum Gasteiger partial charge on any atom is -0.326 e. The normalized spacial score (nSPS) is 21.0. The van der Waals surface area contributed by atoms with E-state index in [0.717, 1.165) is 24.3 Å². The lowest BCUT2D eigenvalue weighted by Gasteiger charge is -2.16. The predicted octanol–water partition coefficient (Wildman–Crippen LogP) is 3.01. The van der Waals surface area contributed by atoms with Crippen molar-refractivity contribution in [2.75, 3.05) is 25.0 Å². The van der Waals surface area contributed by atoms with Crippen LogP contribution in [-0.2, 0) is 4.79 Å². The van der Waals surface area contributed by atoms with Crippen molar-refractivity contribution in [1.82, 2.24) is 4.90 Å². The molecule has 1 fully saturated rings. The largest absolute Gasteiger partial charge is 0.326 e. The second kappa shape index (κ2) is 7.34. The molecule has 0 unspecified atom stereocenters.